The number of nitrogens with one attached hydrogen (secondary N) is 1. The van der Waals surface area contributed by atoms with E-state index in [1.165, 1.54) is 18.9 Å². The highest BCUT2D eigenvalue weighted by Crippen LogP contribution is 2.13. The van der Waals surface area contributed by atoms with Crippen LogP contribution in [0.2, 0.25) is 0 Å². The molecule has 23 heavy (non-hydrogen) atoms. The molecule has 0 aliphatic carbocycles. The number of methoxy groups -OCH3 is 2. The Labute approximate surface area is 135 Å². The summed E-state index contributed by atoms with van der Waals surface area (Å²) in [5.74, 6) is -0.130. The van der Waals surface area contributed by atoms with Crippen LogP contribution in [0.15, 0.2) is 24.3 Å². The lowest BCUT2D eigenvalue weighted by Gasteiger charge is -2.22. The van der Waals surface area contributed by atoms with E-state index in [-0.39, 0.29) is 24.8 Å². The minimum Gasteiger partial charge on any atom is -0.497 e. The molecule has 1 N–H and O–H groups in total. The predicted octanol–water partition coefficient (Wildman–Crippen LogP) is 0.837. The van der Waals surface area contributed by atoms with Crippen LogP contribution in [-0.4, -0.2) is 56.5 Å². The Morgan fingerprint density at radius 1 is 1.09 bits per heavy atom. The molecule has 7 nitrogen and oxygen atoms in total. The first kappa shape index (κ1) is 18.5. The number of esters is 1. The molecule has 0 aliphatic heterocycles. The molecule has 1 rings (SSSR count). The lowest BCUT2D eigenvalue weighted by Crippen LogP contribution is -2.39. The van der Waals surface area contributed by atoms with Crippen molar-refractivity contribution in [3.8, 4) is 5.75 Å². The first-order valence-electron chi connectivity index (χ1n) is 7.22. The number of amides is 2. The molecule has 7 heteroatoms. The highest BCUT2D eigenvalue weighted by molar-refractivity contribution is 5.94. The van der Waals surface area contributed by atoms with E-state index in [1.54, 1.807) is 31.4 Å². The van der Waals surface area contributed by atoms with Gasteiger partial charge in [-0.3, -0.25) is 14.4 Å². The van der Waals surface area contributed by atoms with Crippen molar-refractivity contribution >= 4 is 17.8 Å². The van der Waals surface area contributed by atoms with Crippen LogP contribution in [0.3, 0.4) is 0 Å². The molecule has 1 aromatic carbocycles. The highest BCUT2D eigenvalue weighted by atomic mass is 16.5. The van der Waals surface area contributed by atoms with Crippen LogP contribution >= 0.6 is 0 Å². The molecule has 0 heterocycles. The number of hydrogen-bond acceptors (Lipinski definition) is 5. The number of benzene rings is 1. The number of carbonyl (C=O) groups excluding carboxylic acids is 3. The molecule has 0 spiro atoms. The van der Waals surface area contributed by atoms with Crippen molar-refractivity contribution < 1.29 is 23.9 Å². The summed E-state index contributed by atoms with van der Waals surface area (Å²) in [4.78, 5) is 36.3. The van der Waals surface area contributed by atoms with Crippen LogP contribution in [0.25, 0.3) is 0 Å². The summed E-state index contributed by atoms with van der Waals surface area (Å²) in [6.07, 6.45) is 0.0957. The van der Waals surface area contributed by atoms with Gasteiger partial charge in [0.15, 0.2) is 0 Å². The second-order valence-electron chi connectivity index (χ2n) is 4.83. The molecule has 0 aromatic heterocycles. The van der Waals surface area contributed by atoms with Gasteiger partial charge in [-0.1, -0.05) is 0 Å². The summed E-state index contributed by atoms with van der Waals surface area (Å²) in [5, 5.41) is 2.63. The topological polar surface area (TPSA) is 84.9 Å². The number of carbonyl (C=O) groups is 3. The number of nitrogens with zero attached hydrogens (tertiary/aromatic N) is 1. The quantitative estimate of drug-likeness (QED) is 0.717. The molecule has 1 aromatic rings. The van der Waals surface area contributed by atoms with Crippen molar-refractivity contribution in [2.75, 3.05) is 33.9 Å². The van der Waals surface area contributed by atoms with E-state index in [2.05, 4.69) is 10.1 Å². The van der Waals surface area contributed by atoms with Gasteiger partial charge in [-0.05, 0) is 24.3 Å². The summed E-state index contributed by atoms with van der Waals surface area (Å²) in [7, 11) is 2.85. The maximum Gasteiger partial charge on any atom is 0.307 e. The zero-order valence-electron chi connectivity index (χ0n) is 13.6. The van der Waals surface area contributed by atoms with Gasteiger partial charge < -0.3 is 19.7 Å². The number of rotatable bonds is 8. The maximum absolute atomic E-state index is 12.5. The lowest BCUT2D eigenvalue weighted by atomic mass is 10.2. The van der Waals surface area contributed by atoms with E-state index >= 15 is 0 Å². The number of ether oxygens (including phenoxy) is 2. The van der Waals surface area contributed by atoms with Crippen molar-refractivity contribution in [1.82, 2.24) is 10.2 Å². The summed E-state index contributed by atoms with van der Waals surface area (Å²) in [5.41, 5.74) is 0.485. The van der Waals surface area contributed by atoms with Gasteiger partial charge in [-0.25, -0.2) is 0 Å². The first-order valence-corrected chi connectivity index (χ1v) is 7.22. The molecule has 0 bridgehead atoms. The van der Waals surface area contributed by atoms with Crippen LogP contribution in [0.5, 0.6) is 5.75 Å². The van der Waals surface area contributed by atoms with E-state index in [0.29, 0.717) is 24.4 Å². The van der Waals surface area contributed by atoms with Crippen LogP contribution < -0.4 is 10.1 Å². The SMILES string of the molecule is COC(=O)CCN(CCNC(C)=O)C(=O)c1ccc(OC)cc1. The highest BCUT2D eigenvalue weighted by Gasteiger charge is 2.17. The second kappa shape index (κ2) is 9.45. The Balaban J connectivity index is 2.75. The molecule has 0 saturated heterocycles. The van der Waals surface area contributed by atoms with Gasteiger partial charge in [-0.2, -0.15) is 0 Å². The Morgan fingerprint density at radius 2 is 1.74 bits per heavy atom. The van der Waals surface area contributed by atoms with Crippen LogP contribution in [-0.2, 0) is 14.3 Å². The van der Waals surface area contributed by atoms with E-state index in [9.17, 15) is 14.4 Å². The van der Waals surface area contributed by atoms with Crippen LogP contribution in [0.4, 0.5) is 0 Å². The van der Waals surface area contributed by atoms with Gasteiger partial charge in [0.25, 0.3) is 5.91 Å². The molecule has 0 aliphatic rings. The first-order chi connectivity index (χ1) is 11.0. The van der Waals surface area contributed by atoms with E-state index < -0.39 is 5.97 Å². The Hall–Kier alpha value is -2.57. The minimum absolute atomic E-state index is 0.0957. The third kappa shape index (κ3) is 6.37. The van der Waals surface area contributed by atoms with E-state index in [1.807, 2.05) is 0 Å². The summed E-state index contributed by atoms with van der Waals surface area (Å²) in [6.45, 7) is 2.25. The predicted molar refractivity (Wildman–Crippen MR) is 84.2 cm³/mol. The molecule has 126 valence electrons. The molecule has 0 atom stereocenters. The van der Waals surface area contributed by atoms with Crippen molar-refractivity contribution in [2.45, 2.75) is 13.3 Å². The van der Waals surface area contributed by atoms with Gasteiger partial charge in [0.2, 0.25) is 5.91 Å². The second-order valence-corrected chi connectivity index (χ2v) is 4.83. The summed E-state index contributed by atoms with van der Waals surface area (Å²) < 4.78 is 9.66. The molecule has 0 fully saturated rings. The normalized spacial score (nSPS) is 9.87. The fourth-order valence-electron chi connectivity index (χ4n) is 1.93. The summed E-state index contributed by atoms with van der Waals surface area (Å²) >= 11 is 0. The molecule has 0 saturated carbocycles. The lowest BCUT2D eigenvalue weighted by molar-refractivity contribution is -0.140. The molecular weight excluding hydrogens is 300 g/mol. The Morgan fingerprint density at radius 3 is 2.26 bits per heavy atom. The van der Waals surface area contributed by atoms with Crippen molar-refractivity contribution in [1.29, 1.82) is 0 Å². The average molecular weight is 322 g/mol. The third-order valence-electron chi connectivity index (χ3n) is 3.19. The fourth-order valence-corrected chi connectivity index (χ4v) is 1.93. The monoisotopic (exact) mass is 322 g/mol. The minimum atomic E-state index is -0.392. The summed E-state index contributed by atoms with van der Waals surface area (Å²) in [6, 6.07) is 6.70. The molecule has 0 unspecified atom stereocenters. The van der Waals surface area contributed by atoms with Crippen molar-refractivity contribution in [2.24, 2.45) is 0 Å². The molecule has 0 radical (unpaired) electrons. The van der Waals surface area contributed by atoms with Gasteiger partial charge >= 0.3 is 5.97 Å². The van der Waals surface area contributed by atoms with Gasteiger partial charge in [-0.15, -0.1) is 0 Å². The Kier molecular flexibility index (Phi) is 7.59. The van der Waals surface area contributed by atoms with Crippen LogP contribution in [0, 0.1) is 0 Å². The fraction of sp³-hybridized carbons (Fsp3) is 0.438. The average Bonchev–Trinajstić information content (AvgIpc) is 2.56. The van der Waals surface area contributed by atoms with Crippen molar-refractivity contribution in [3.05, 3.63) is 29.8 Å². The molecule has 2 amide bonds. The smallest absolute Gasteiger partial charge is 0.307 e. The van der Waals surface area contributed by atoms with E-state index in [0.717, 1.165) is 0 Å². The van der Waals surface area contributed by atoms with E-state index in [4.69, 9.17) is 4.74 Å². The van der Waals surface area contributed by atoms with Gasteiger partial charge in [0, 0.05) is 32.1 Å². The number of hydrogen-bond donors (Lipinski definition) is 1. The van der Waals surface area contributed by atoms with Crippen molar-refractivity contribution in [3.63, 3.8) is 0 Å². The Bertz CT molecular complexity index is 542. The van der Waals surface area contributed by atoms with Gasteiger partial charge in [0.1, 0.15) is 5.75 Å². The third-order valence-corrected chi connectivity index (χ3v) is 3.19. The zero-order chi connectivity index (χ0) is 17.2. The van der Waals surface area contributed by atoms with Gasteiger partial charge in [0.05, 0.1) is 20.6 Å². The zero-order valence-corrected chi connectivity index (χ0v) is 13.6. The largest absolute Gasteiger partial charge is 0.497 e. The van der Waals surface area contributed by atoms with Crippen LogP contribution in [0.1, 0.15) is 23.7 Å². The maximum atomic E-state index is 12.5. The standard InChI is InChI=1S/C16H22N2O5/c1-12(19)17-9-11-18(10-8-15(20)23-3)16(21)13-4-6-14(22-2)7-5-13/h4-7H,8-11H2,1-3H3,(H,17,19). The molecular formula is C16H22N2O5.